The third-order valence-electron chi connectivity index (χ3n) is 6.68. The van der Waals surface area contributed by atoms with Crippen LogP contribution in [0.25, 0.3) is 11.3 Å². The Morgan fingerprint density at radius 3 is 2.24 bits per heavy atom. The molecule has 2 N–H and O–H groups in total. The van der Waals surface area contributed by atoms with Crippen LogP contribution in [-0.4, -0.2) is 40.0 Å². The molecule has 8 heteroatoms. The Morgan fingerprint density at radius 1 is 1.09 bits per heavy atom. The first-order chi connectivity index (χ1) is 15.6. The van der Waals surface area contributed by atoms with Gasteiger partial charge in [0.05, 0.1) is 29.6 Å². The molecule has 0 unspecified atom stereocenters. The van der Waals surface area contributed by atoms with Crippen LogP contribution in [0.5, 0.6) is 0 Å². The van der Waals surface area contributed by atoms with E-state index in [0.29, 0.717) is 5.82 Å². The van der Waals surface area contributed by atoms with Crippen LogP contribution in [0.1, 0.15) is 80.0 Å². The molecule has 0 saturated carbocycles. The zero-order chi connectivity index (χ0) is 24.3. The third kappa shape index (κ3) is 5.27. The number of carbonyl (C=O) groups is 1. The van der Waals surface area contributed by atoms with Crippen molar-refractivity contribution in [1.29, 1.82) is 0 Å². The average molecular weight is 455 g/mol. The molecule has 0 aliphatic carbocycles. The number of nitrogens with one attached hydrogen (secondary N) is 2. The van der Waals surface area contributed by atoms with E-state index in [1.165, 1.54) is 0 Å². The van der Waals surface area contributed by atoms with Crippen LogP contribution < -0.4 is 10.8 Å². The van der Waals surface area contributed by atoms with Crippen molar-refractivity contribution >= 4 is 18.7 Å². The van der Waals surface area contributed by atoms with Gasteiger partial charge in [0, 0.05) is 0 Å². The largest absolute Gasteiger partial charge is 0.494 e. The molecule has 2 heterocycles. The Morgan fingerprint density at radius 2 is 1.70 bits per heavy atom. The molecule has 1 saturated heterocycles. The van der Waals surface area contributed by atoms with E-state index in [1.54, 1.807) is 6.20 Å². The number of H-pyrrole nitrogens is 1. The van der Waals surface area contributed by atoms with Crippen molar-refractivity contribution in [1.82, 2.24) is 15.3 Å². The van der Waals surface area contributed by atoms with Crippen LogP contribution in [-0.2, 0) is 20.6 Å². The molecular formula is C25H38BN3O4. The summed E-state index contributed by atoms with van der Waals surface area (Å²) in [5.41, 5.74) is 1.73. The van der Waals surface area contributed by atoms with Crippen LogP contribution in [0.15, 0.2) is 30.5 Å². The number of aromatic amines is 1. The molecular weight excluding hydrogens is 417 g/mol. The Labute approximate surface area is 198 Å². The van der Waals surface area contributed by atoms with Crippen LogP contribution in [0.2, 0.25) is 0 Å². The quantitative estimate of drug-likeness (QED) is 0.550. The number of aromatic nitrogens is 2. The van der Waals surface area contributed by atoms with Crippen LogP contribution in [0, 0.1) is 0 Å². The molecule has 1 aromatic carbocycles. The van der Waals surface area contributed by atoms with Crippen LogP contribution in [0.3, 0.4) is 0 Å². The van der Waals surface area contributed by atoms with Gasteiger partial charge in [-0.3, -0.25) is 0 Å². The number of alkyl carbamates (subject to hydrolysis) is 1. The average Bonchev–Trinajstić information content (AvgIpc) is 3.40. The van der Waals surface area contributed by atoms with Gasteiger partial charge in [0.15, 0.2) is 0 Å². The van der Waals surface area contributed by atoms with Crippen LogP contribution >= 0.6 is 0 Å². The van der Waals surface area contributed by atoms with Gasteiger partial charge in [-0.15, -0.1) is 0 Å². The van der Waals surface area contributed by atoms with Crippen molar-refractivity contribution in [3.8, 4) is 11.3 Å². The molecule has 180 valence electrons. The number of amides is 1. The zero-order valence-electron chi connectivity index (χ0n) is 21.1. The summed E-state index contributed by atoms with van der Waals surface area (Å²) in [5, 5.41) is 2.73. The van der Waals surface area contributed by atoms with E-state index in [1.807, 2.05) is 39.0 Å². The van der Waals surface area contributed by atoms with Gasteiger partial charge in [0.1, 0.15) is 11.4 Å². The molecule has 33 heavy (non-hydrogen) atoms. The minimum Gasteiger partial charge on any atom is -0.444 e. The van der Waals surface area contributed by atoms with Crippen molar-refractivity contribution in [3.05, 3.63) is 36.3 Å². The molecule has 0 atom stereocenters. The molecule has 0 spiro atoms. The van der Waals surface area contributed by atoms with E-state index in [-0.39, 0.29) is 17.7 Å². The Balaban J connectivity index is 1.75. The fourth-order valence-corrected chi connectivity index (χ4v) is 4.83. The van der Waals surface area contributed by atoms with Gasteiger partial charge in [0.25, 0.3) is 0 Å². The second kappa shape index (κ2) is 9.89. The molecule has 1 amide bonds. The summed E-state index contributed by atoms with van der Waals surface area (Å²) in [4.78, 5) is 19.6. The molecule has 0 radical (unpaired) electrons. The molecule has 2 aromatic rings. The molecule has 1 aromatic heterocycles. The van der Waals surface area contributed by atoms with Gasteiger partial charge in [-0.2, -0.15) is 0 Å². The van der Waals surface area contributed by atoms with Gasteiger partial charge in [0.2, 0.25) is 0 Å². The standard InChI is InChI=1S/C25H38BN3O4/c1-8-24(9-2)25(10-3,11-4)33-26(32-24)19-14-12-13-18(15-19)20-16-27-21(29-20)17-28-22(30)31-23(5,6)7/h12-16H,8-11,17H2,1-7H3,(H,27,29)(H,28,30). The first kappa shape index (κ1) is 25.3. The third-order valence-corrected chi connectivity index (χ3v) is 6.68. The van der Waals surface area contributed by atoms with Crippen LogP contribution in [0.4, 0.5) is 4.79 Å². The lowest BCUT2D eigenvalue weighted by Crippen LogP contribution is -2.50. The highest BCUT2D eigenvalue weighted by Crippen LogP contribution is 2.46. The predicted molar refractivity (Wildman–Crippen MR) is 131 cm³/mol. The lowest BCUT2D eigenvalue weighted by Gasteiger charge is -2.42. The summed E-state index contributed by atoms with van der Waals surface area (Å²) in [6.45, 7) is 14.5. The maximum Gasteiger partial charge on any atom is 0.494 e. The van der Waals surface area contributed by atoms with E-state index in [4.69, 9.17) is 14.0 Å². The second-order valence-electron chi connectivity index (χ2n) is 9.69. The monoisotopic (exact) mass is 455 g/mol. The number of ether oxygens (including phenoxy) is 1. The van der Waals surface area contributed by atoms with Gasteiger partial charge in [-0.25, -0.2) is 9.78 Å². The summed E-state index contributed by atoms with van der Waals surface area (Å²) in [5.74, 6) is 0.654. The predicted octanol–water partition coefficient (Wildman–Crippen LogP) is 4.96. The van der Waals surface area contributed by atoms with Gasteiger partial charge < -0.3 is 24.3 Å². The first-order valence-electron chi connectivity index (χ1n) is 12.1. The SMILES string of the molecule is CCC1(CC)OB(c2cccc(-c3cnc(CNC(=O)OC(C)(C)C)[nH]3)c2)OC1(CC)CC. The number of imidazole rings is 1. The summed E-state index contributed by atoms with van der Waals surface area (Å²) < 4.78 is 18.5. The maximum atomic E-state index is 11.9. The van der Waals surface area contributed by atoms with Crippen molar-refractivity contribution in [2.24, 2.45) is 0 Å². The maximum absolute atomic E-state index is 11.9. The number of hydrogen-bond donors (Lipinski definition) is 2. The van der Waals surface area contributed by atoms with E-state index < -0.39 is 18.8 Å². The zero-order valence-corrected chi connectivity index (χ0v) is 21.1. The van der Waals surface area contributed by atoms with E-state index >= 15 is 0 Å². The molecule has 1 aliphatic rings. The molecule has 1 aliphatic heterocycles. The van der Waals surface area contributed by atoms with E-state index in [0.717, 1.165) is 42.4 Å². The molecule has 7 nitrogen and oxygen atoms in total. The number of hydrogen-bond acceptors (Lipinski definition) is 5. The topological polar surface area (TPSA) is 85.5 Å². The summed E-state index contributed by atoms with van der Waals surface area (Å²) >= 11 is 0. The second-order valence-corrected chi connectivity index (χ2v) is 9.69. The number of benzene rings is 1. The molecule has 0 bridgehead atoms. The highest BCUT2D eigenvalue weighted by molar-refractivity contribution is 6.62. The Kier molecular flexibility index (Phi) is 7.59. The summed E-state index contributed by atoms with van der Waals surface area (Å²) in [6, 6.07) is 8.17. The minimum absolute atomic E-state index is 0.258. The lowest BCUT2D eigenvalue weighted by atomic mass is 9.75. The van der Waals surface area contributed by atoms with Gasteiger partial charge >= 0.3 is 13.2 Å². The summed E-state index contributed by atoms with van der Waals surface area (Å²) in [7, 11) is -0.402. The normalized spacial score (nSPS) is 17.2. The van der Waals surface area contributed by atoms with E-state index in [9.17, 15) is 4.79 Å². The smallest absolute Gasteiger partial charge is 0.444 e. The fraction of sp³-hybridized carbons (Fsp3) is 0.600. The van der Waals surface area contributed by atoms with Gasteiger partial charge in [-0.05, 0) is 57.5 Å². The fourth-order valence-electron chi connectivity index (χ4n) is 4.83. The van der Waals surface area contributed by atoms with E-state index in [2.05, 4.69) is 49.0 Å². The highest BCUT2D eigenvalue weighted by Gasteiger charge is 2.58. The Hall–Kier alpha value is -2.32. The number of rotatable bonds is 8. The van der Waals surface area contributed by atoms with Crippen molar-refractivity contribution in [3.63, 3.8) is 0 Å². The lowest BCUT2D eigenvalue weighted by molar-refractivity contribution is -0.0601. The molecule has 1 fully saturated rings. The highest BCUT2D eigenvalue weighted by atomic mass is 16.7. The van der Waals surface area contributed by atoms with Crippen molar-refractivity contribution in [2.45, 2.75) is 97.5 Å². The van der Waals surface area contributed by atoms with Crippen molar-refractivity contribution < 1.29 is 18.8 Å². The summed E-state index contributed by atoms with van der Waals surface area (Å²) in [6.07, 6.45) is 4.95. The van der Waals surface area contributed by atoms with Gasteiger partial charge in [-0.1, -0.05) is 52.0 Å². The Bertz CT molecular complexity index is 925. The number of nitrogens with zero attached hydrogens (tertiary/aromatic N) is 1. The minimum atomic E-state index is -0.538. The first-order valence-corrected chi connectivity index (χ1v) is 12.1. The van der Waals surface area contributed by atoms with Crippen molar-refractivity contribution in [2.75, 3.05) is 0 Å². The number of carbonyl (C=O) groups excluding carboxylic acids is 1. The molecule has 3 rings (SSSR count).